The summed E-state index contributed by atoms with van der Waals surface area (Å²) in [4.78, 5) is 0. The Labute approximate surface area is 238 Å². The molecule has 6 aliphatic rings. The molecule has 2 fully saturated rings. The minimum Gasteiger partial charge on any atom is -0.372 e. The fourth-order valence-electron chi connectivity index (χ4n) is 9.98. The van der Waals surface area contributed by atoms with Crippen molar-refractivity contribution in [2.75, 3.05) is 13.2 Å². The van der Waals surface area contributed by atoms with Crippen LogP contribution in [-0.4, -0.2) is 36.6 Å². The van der Waals surface area contributed by atoms with Gasteiger partial charge in [0, 0.05) is 0 Å². The zero-order chi connectivity index (χ0) is 27.1. The first kappa shape index (κ1) is 28.0. The fourth-order valence-corrected chi connectivity index (χ4v) is 9.98. The van der Waals surface area contributed by atoms with Crippen LogP contribution < -0.4 is 0 Å². The second-order valence-electron chi connectivity index (χ2n) is 13.5. The van der Waals surface area contributed by atoms with Gasteiger partial charge < -0.3 is 14.2 Å². The average Bonchev–Trinajstić information content (AvgIpc) is 3.75. The summed E-state index contributed by atoms with van der Waals surface area (Å²) >= 11 is 0. The van der Waals surface area contributed by atoms with E-state index in [0.29, 0.717) is 0 Å². The second kappa shape index (κ2) is 10.9. The largest absolute Gasteiger partial charge is 0.372 e. The maximum absolute atomic E-state index is 8.32. The van der Waals surface area contributed by atoms with Crippen molar-refractivity contribution in [3.63, 3.8) is 0 Å². The van der Waals surface area contributed by atoms with Crippen molar-refractivity contribution in [1.82, 2.24) is 0 Å². The van der Waals surface area contributed by atoms with Crippen LogP contribution in [0.1, 0.15) is 130 Å². The first-order chi connectivity index (χ1) is 19.1. The van der Waals surface area contributed by atoms with Crippen molar-refractivity contribution in [3.8, 4) is 0 Å². The molecule has 0 aromatic carbocycles. The Morgan fingerprint density at radius 2 is 1.05 bits per heavy atom. The van der Waals surface area contributed by atoms with Crippen LogP contribution in [0.4, 0.5) is 0 Å². The average molecular weight is 535 g/mol. The molecule has 0 radical (unpaired) electrons. The van der Waals surface area contributed by atoms with E-state index in [1.165, 1.54) is 77.0 Å². The molecule has 4 aliphatic carbocycles. The first-order valence-electron chi connectivity index (χ1n) is 16.8. The summed E-state index contributed by atoms with van der Waals surface area (Å²) in [6.07, 6.45) is 29.4. The predicted octanol–water partition coefficient (Wildman–Crippen LogP) is 9.33. The summed E-state index contributed by atoms with van der Waals surface area (Å²) in [6, 6.07) is 0. The van der Waals surface area contributed by atoms with Crippen LogP contribution in [0, 0.1) is 10.8 Å². The van der Waals surface area contributed by atoms with Gasteiger partial charge in [-0.1, -0.05) is 52.0 Å². The van der Waals surface area contributed by atoms with Crippen LogP contribution in [0.25, 0.3) is 0 Å². The lowest BCUT2D eigenvalue weighted by atomic mass is 9.54. The summed E-state index contributed by atoms with van der Waals surface area (Å²) in [5.41, 5.74) is 5.64. The molecule has 6 rings (SSSR count). The summed E-state index contributed by atoms with van der Waals surface area (Å²) in [5.74, 6) is 0. The van der Waals surface area contributed by atoms with Gasteiger partial charge in [-0.15, -0.1) is 0 Å². The third-order valence-electron chi connectivity index (χ3n) is 12.2. The van der Waals surface area contributed by atoms with Crippen LogP contribution in [0.5, 0.6) is 0 Å². The van der Waals surface area contributed by atoms with Crippen molar-refractivity contribution in [3.05, 3.63) is 46.6 Å². The molecular weight excluding hydrogens is 480 g/mol. The lowest BCUT2D eigenvalue weighted by Crippen LogP contribution is -2.73. The molecule has 6 unspecified atom stereocenters. The third kappa shape index (κ3) is 3.92. The molecule has 0 aromatic rings. The van der Waals surface area contributed by atoms with Crippen LogP contribution in [0.15, 0.2) is 46.6 Å². The van der Waals surface area contributed by atoms with E-state index in [1.807, 2.05) is 0 Å². The summed E-state index contributed by atoms with van der Waals surface area (Å²) < 4.78 is 21.5. The molecule has 0 bridgehead atoms. The second-order valence-corrected chi connectivity index (χ2v) is 13.5. The molecule has 2 aliphatic heterocycles. The third-order valence-corrected chi connectivity index (χ3v) is 12.2. The van der Waals surface area contributed by atoms with Gasteiger partial charge in [0.25, 0.3) is 0 Å². The zero-order valence-corrected chi connectivity index (χ0v) is 25.4. The van der Waals surface area contributed by atoms with Crippen LogP contribution in [-0.2, 0) is 14.2 Å². The zero-order valence-electron chi connectivity index (χ0n) is 25.4. The SMILES string of the molecule is CCC(OC(CC)(C1=CCCC1)C1(CC)COC1C1=CCCC1)(C1=CCCC1)C1(CC)COC1C1=CCCC1. The van der Waals surface area contributed by atoms with E-state index in [-0.39, 0.29) is 34.2 Å². The molecule has 2 saturated heterocycles. The van der Waals surface area contributed by atoms with E-state index in [0.717, 1.165) is 38.9 Å². The fraction of sp³-hybridized carbons (Fsp3) is 0.778. The lowest BCUT2D eigenvalue weighted by molar-refractivity contribution is -0.335. The Kier molecular flexibility index (Phi) is 7.83. The molecule has 0 aromatic heterocycles. The van der Waals surface area contributed by atoms with E-state index < -0.39 is 0 Å². The maximum Gasteiger partial charge on any atom is 0.101 e. The molecule has 3 nitrogen and oxygen atoms in total. The summed E-state index contributed by atoms with van der Waals surface area (Å²) in [7, 11) is 0. The highest BCUT2D eigenvalue weighted by atomic mass is 16.6. The van der Waals surface area contributed by atoms with Gasteiger partial charge in [0.05, 0.1) is 36.3 Å². The molecule has 2 heterocycles. The van der Waals surface area contributed by atoms with E-state index in [1.54, 1.807) is 22.3 Å². The van der Waals surface area contributed by atoms with Crippen LogP contribution in [0.2, 0.25) is 0 Å². The topological polar surface area (TPSA) is 27.7 Å². The highest BCUT2D eigenvalue weighted by Gasteiger charge is 2.70. The molecule has 0 amide bonds. The molecule has 3 heteroatoms. The van der Waals surface area contributed by atoms with Crippen molar-refractivity contribution in [1.29, 1.82) is 0 Å². The van der Waals surface area contributed by atoms with Gasteiger partial charge in [-0.25, -0.2) is 0 Å². The van der Waals surface area contributed by atoms with E-state index >= 15 is 0 Å². The van der Waals surface area contributed by atoms with Crippen molar-refractivity contribution >= 4 is 0 Å². The predicted molar refractivity (Wildman–Crippen MR) is 160 cm³/mol. The van der Waals surface area contributed by atoms with E-state index in [4.69, 9.17) is 14.2 Å². The van der Waals surface area contributed by atoms with Crippen molar-refractivity contribution in [2.45, 2.75) is 154 Å². The van der Waals surface area contributed by atoms with Gasteiger partial charge >= 0.3 is 0 Å². The minimum absolute atomic E-state index is 0.00462. The molecule has 6 atom stereocenters. The smallest absolute Gasteiger partial charge is 0.101 e. The van der Waals surface area contributed by atoms with E-state index in [2.05, 4.69) is 52.0 Å². The normalized spacial score (nSPS) is 37.3. The Morgan fingerprint density at radius 3 is 1.31 bits per heavy atom. The minimum atomic E-state index is -0.309. The maximum atomic E-state index is 8.32. The molecule has 0 saturated carbocycles. The van der Waals surface area contributed by atoms with Gasteiger partial charge in [-0.3, -0.25) is 0 Å². The van der Waals surface area contributed by atoms with Crippen LogP contribution in [0.3, 0.4) is 0 Å². The van der Waals surface area contributed by atoms with Gasteiger partial charge in [-0.05, 0) is 125 Å². The summed E-state index contributed by atoms with van der Waals surface area (Å²) in [6.45, 7) is 11.3. The van der Waals surface area contributed by atoms with Gasteiger partial charge in [0.1, 0.15) is 11.2 Å². The van der Waals surface area contributed by atoms with Crippen molar-refractivity contribution < 1.29 is 14.2 Å². The number of hydrogen-bond acceptors (Lipinski definition) is 3. The van der Waals surface area contributed by atoms with Crippen LogP contribution >= 0.6 is 0 Å². The lowest BCUT2D eigenvalue weighted by Gasteiger charge is -2.67. The Balaban J connectivity index is 1.52. The standard InChI is InChI=1S/C36H54O3/c1-5-33(25-37-31(33)27-17-9-10-18-27)35(7-3,29-21-13-14-22-29)39-36(8-4,30-23-15-16-24-30)34(6-2)26-38-32(34)28-19-11-12-20-28/h17,19,21,23,31-32H,5-16,18,20,22,24-26H2,1-4H3. The molecular formula is C36H54O3. The quantitative estimate of drug-likeness (QED) is 0.233. The number of rotatable bonds is 12. The Hall–Kier alpha value is -1.16. The Morgan fingerprint density at radius 1 is 0.641 bits per heavy atom. The molecule has 216 valence electrons. The monoisotopic (exact) mass is 534 g/mol. The number of allylic oxidation sites excluding steroid dienone is 4. The van der Waals surface area contributed by atoms with Gasteiger partial charge in [0.15, 0.2) is 0 Å². The number of ether oxygens (including phenoxy) is 3. The highest BCUT2D eigenvalue weighted by Crippen LogP contribution is 2.65. The highest BCUT2D eigenvalue weighted by molar-refractivity contribution is 5.39. The van der Waals surface area contributed by atoms with E-state index in [9.17, 15) is 0 Å². The van der Waals surface area contributed by atoms with Crippen molar-refractivity contribution in [2.24, 2.45) is 10.8 Å². The van der Waals surface area contributed by atoms with Gasteiger partial charge in [0.2, 0.25) is 0 Å². The number of hydrogen-bond donors (Lipinski definition) is 0. The molecule has 0 N–H and O–H groups in total. The molecule has 39 heavy (non-hydrogen) atoms. The first-order valence-corrected chi connectivity index (χ1v) is 16.8. The molecule has 0 spiro atoms. The van der Waals surface area contributed by atoms with Gasteiger partial charge in [-0.2, -0.15) is 0 Å². The summed E-state index contributed by atoms with van der Waals surface area (Å²) in [5, 5.41) is 0. The Bertz CT molecular complexity index is 960.